The minimum atomic E-state index is -0.666. The molecule has 0 unspecified atom stereocenters. The lowest BCUT2D eigenvalue weighted by atomic mass is 9.83. The van der Waals surface area contributed by atoms with Crippen LogP contribution in [0.15, 0.2) is 77.6 Å². The molecule has 0 saturated heterocycles. The summed E-state index contributed by atoms with van der Waals surface area (Å²) in [6.45, 7) is 0. The maximum atomic E-state index is 13.9. The standard InChI is InChI=1S/C31H25N3O5S2/c1-37-19-10-6-8-17(14-19)15-23-29(35)34-27(32)25(28-33-21-12-4-5-13-22(21)40-28)24(18-9-7-11-20(16-18)38-2)26(30(34)41-23)31(36)39-3/h4-16,24H,32H2,1-3H3/t24-/m1/s1. The summed E-state index contributed by atoms with van der Waals surface area (Å²) < 4.78 is 19.3. The Balaban J connectivity index is 1.71. The number of thiazole rings is 2. The molecule has 3 aromatic carbocycles. The van der Waals surface area contributed by atoms with Crippen LogP contribution < -0.4 is 30.0 Å². The Morgan fingerprint density at radius 1 is 0.951 bits per heavy atom. The Morgan fingerprint density at radius 2 is 1.68 bits per heavy atom. The molecule has 0 saturated carbocycles. The van der Waals surface area contributed by atoms with Crippen LogP contribution in [0.5, 0.6) is 11.5 Å². The van der Waals surface area contributed by atoms with E-state index in [1.54, 1.807) is 20.3 Å². The molecular weight excluding hydrogens is 558 g/mol. The number of esters is 1. The van der Waals surface area contributed by atoms with Crippen LogP contribution in [0.2, 0.25) is 0 Å². The van der Waals surface area contributed by atoms with E-state index in [4.69, 9.17) is 24.9 Å². The second kappa shape index (κ2) is 10.7. The van der Waals surface area contributed by atoms with Gasteiger partial charge in [0, 0.05) is 5.57 Å². The third kappa shape index (κ3) is 4.60. The number of allylic oxidation sites excluding steroid dienone is 1. The van der Waals surface area contributed by atoms with E-state index in [1.807, 2.05) is 72.8 Å². The summed E-state index contributed by atoms with van der Waals surface area (Å²) >= 11 is 2.64. The third-order valence-electron chi connectivity index (χ3n) is 6.90. The monoisotopic (exact) mass is 583 g/mol. The maximum absolute atomic E-state index is 13.9. The van der Waals surface area contributed by atoms with Crippen LogP contribution in [-0.4, -0.2) is 36.8 Å². The highest BCUT2D eigenvalue weighted by Gasteiger charge is 2.38. The van der Waals surface area contributed by atoms with Crippen molar-refractivity contribution in [3.8, 4) is 11.5 Å². The lowest BCUT2D eigenvalue weighted by Crippen LogP contribution is -2.39. The molecule has 10 heteroatoms. The van der Waals surface area contributed by atoms with Gasteiger partial charge in [-0.3, -0.25) is 9.36 Å². The van der Waals surface area contributed by atoms with Gasteiger partial charge in [-0.2, -0.15) is 0 Å². The number of carbonyl (C=O) groups is 1. The van der Waals surface area contributed by atoms with Crippen LogP contribution >= 0.6 is 22.7 Å². The molecule has 206 valence electrons. The summed E-state index contributed by atoms with van der Waals surface area (Å²) in [4.78, 5) is 32.4. The molecule has 0 fully saturated rings. The second-order valence-corrected chi connectivity index (χ2v) is 11.3. The highest BCUT2D eigenvalue weighted by atomic mass is 32.1. The number of ether oxygens (including phenoxy) is 3. The van der Waals surface area contributed by atoms with Crippen molar-refractivity contribution in [2.75, 3.05) is 21.3 Å². The van der Waals surface area contributed by atoms with E-state index in [-0.39, 0.29) is 11.4 Å². The summed E-state index contributed by atoms with van der Waals surface area (Å²) in [6, 6.07) is 22.6. The Hall–Kier alpha value is -4.67. The van der Waals surface area contributed by atoms with E-state index < -0.39 is 11.9 Å². The van der Waals surface area contributed by atoms with E-state index >= 15 is 0 Å². The molecule has 2 aromatic heterocycles. The molecule has 2 N–H and O–H groups in total. The molecule has 41 heavy (non-hydrogen) atoms. The molecule has 1 aliphatic heterocycles. The second-order valence-electron chi connectivity index (χ2n) is 9.23. The van der Waals surface area contributed by atoms with E-state index in [2.05, 4.69) is 0 Å². The Bertz CT molecular complexity index is 2000. The molecule has 1 atom stereocenters. The molecule has 6 rings (SSSR count). The number of nitrogens with zero attached hydrogens (tertiary/aromatic N) is 2. The fraction of sp³-hybridized carbons (Fsp3) is 0.129. The fourth-order valence-corrected chi connectivity index (χ4v) is 7.21. The van der Waals surface area contributed by atoms with Crippen molar-refractivity contribution in [2.45, 2.75) is 5.92 Å². The lowest BCUT2D eigenvalue weighted by molar-refractivity contribution is -0.134. The number of rotatable bonds is 6. The summed E-state index contributed by atoms with van der Waals surface area (Å²) in [7, 11) is 4.50. The minimum absolute atomic E-state index is 0.214. The number of methoxy groups -OCH3 is 3. The van der Waals surface area contributed by atoms with Crippen molar-refractivity contribution < 1.29 is 19.0 Å². The average molecular weight is 584 g/mol. The molecular formula is C31H25N3O5S2. The van der Waals surface area contributed by atoms with Crippen molar-refractivity contribution in [3.05, 3.63) is 108 Å². The largest absolute Gasteiger partial charge is 0.497 e. The number of aromatic nitrogens is 2. The van der Waals surface area contributed by atoms with Gasteiger partial charge in [0.25, 0.3) is 5.56 Å². The van der Waals surface area contributed by atoms with Crippen LogP contribution in [0.4, 0.5) is 0 Å². The van der Waals surface area contributed by atoms with Crippen molar-refractivity contribution in [1.29, 1.82) is 0 Å². The van der Waals surface area contributed by atoms with Gasteiger partial charge in [0.1, 0.15) is 27.0 Å². The Morgan fingerprint density at radius 3 is 2.41 bits per heavy atom. The number of fused-ring (bicyclic) bond motifs is 2. The predicted octanol–water partition coefficient (Wildman–Crippen LogP) is 3.77. The first-order valence-corrected chi connectivity index (χ1v) is 14.3. The fourth-order valence-electron chi connectivity index (χ4n) is 4.99. The van der Waals surface area contributed by atoms with Crippen molar-refractivity contribution in [3.63, 3.8) is 0 Å². The van der Waals surface area contributed by atoms with Crippen LogP contribution in [0.1, 0.15) is 22.1 Å². The average Bonchev–Trinajstić information content (AvgIpc) is 3.57. The van der Waals surface area contributed by atoms with Crippen LogP contribution in [-0.2, 0) is 9.53 Å². The van der Waals surface area contributed by atoms with E-state index in [1.165, 1.54) is 34.4 Å². The Labute approximate surface area is 242 Å². The smallest absolute Gasteiger partial charge is 0.337 e. The summed E-state index contributed by atoms with van der Waals surface area (Å²) in [5.41, 5.74) is 9.74. The number of carbonyl (C=O) groups excluding carboxylic acids is 1. The molecule has 5 aromatic rings. The topological polar surface area (TPSA) is 106 Å². The summed E-state index contributed by atoms with van der Waals surface area (Å²) in [5.74, 6) is 0.270. The molecule has 0 radical (unpaired) electrons. The quantitative estimate of drug-likeness (QED) is 0.304. The van der Waals surface area contributed by atoms with Crippen molar-refractivity contribution in [2.24, 2.45) is 5.73 Å². The van der Waals surface area contributed by atoms with Gasteiger partial charge in [-0.05, 0) is 53.6 Å². The summed E-state index contributed by atoms with van der Waals surface area (Å²) in [6.07, 6.45) is 1.76. The van der Waals surface area contributed by atoms with Gasteiger partial charge in [0.15, 0.2) is 0 Å². The SMILES string of the molecule is COC(=O)C1=c2sc(=Cc3cccc(OC)c3)c(=O)n2C(N)=C(c2nc3ccccc3s2)[C@H]1c1cccc(OC)c1. The van der Waals surface area contributed by atoms with E-state index in [0.717, 1.165) is 21.3 Å². The number of para-hydroxylation sites is 1. The number of hydrogen-bond acceptors (Lipinski definition) is 9. The molecule has 3 heterocycles. The zero-order valence-electron chi connectivity index (χ0n) is 22.4. The third-order valence-corrected chi connectivity index (χ3v) is 9.07. The molecule has 8 nitrogen and oxygen atoms in total. The van der Waals surface area contributed by atoms with Gasteiger partial charge in [-0.1, -0.05) is 36.4 Å². The van der Waals surface area contributed by atoms with Gasteiger partial charge in [0.05, 0.1) is 47.6 Å². The first kappa shape index (κ1) is 26.5. The molecule has 0 bridgehead atoms. The minimum Gasteiger partial charge on any atom is -0.497 e. The molecule has 1 aliphatic rings. The first-order chi connectivity index (χ1) is 19.9. The maximum Gasteiger partial charge on any atom is 0.337 e. The molecule has 0 aliphatic carbocycles. The molecule has 0 spiro atoms. The number of nitrogens with two attached hydrogens (primary N) is 1. The predicted molar refractivity (Wildman–Crippen MR) is 162 cm³/mol. The zero-order chi connectivity index (χ0) is 28.7. The number of hydrogen-bond donors (Lipinski definition) is 1. The molecule has 0 amide bonds. The number of benzene rings is 3. The van der Waals surface area contributed by atoms with Crippen LogP contribution in [0, 0.1) is 0 Å². The van der Waals surface area contributed by atoms with Gasteiger partial charge in [0.2, 0.25) is 0 Å². The van der Waals surface area contributed by atoms with Gasteiger partial charge in [-0.25, -0.2) is 9.78 Å². The van der Waals surface area contributed by atoms with Crippen molar-refractivity contribution in [1.82, 2.24) is 9.55 Å². The van der Waals surface area contributed by atoms with E-state index in [9.17, 15) is 9.59 Å². The Kier molecular flexibility index (Phi) is 6.94. The van der Waals surface area contributed by atoms with Crippen LogP contribution in [0.25, 0.3) is 33.3 Å². The normalized spacial score (nSPS) is 15.2. The van der Waals surface area contributed by atoms with Gasteiger partial charge in [-0.15, -0.1) is 22.7 Å². The van der Waals surface area contributed by atoms with E-state index in [0.29, 0.717) is 36.8 Å². The summed E-state index contributed by atoms with van der Waals surface area (Å²) in [5, 5.41) is 0.611. The van der Waals surface area contributed by atoms with Crippen LogP contribution in [0.3, 0.4) is 0 Å². The van der Waals surface area contributed by atoms with Gasteiger partial charge >= 0.3 is 5.97 Å². The highest BCUT2D eigenvalue weighted by Crippen LogP contribution is 2.45. The lowest BCUT2D eigenvalue weighted by Gasteiger charge is -2.27. The zero-order valence-corrected chi connectivity index (χ0v) is 24.0. The highest BCUT2D eigenvalue weighted by molar-refractivity contribution is 7.19. The van der Waals surface area contributed by atoms with Gasteiger partial charge < -0.3 is 19.9 Å². The van der Waals surface area contributed by atoms with Crippen molar-refractivity contribution >= 4 is 61.9 Å². The first-order valence-electron chi connectivity index (χ1n) is 12.6.